The number of aromatic nitrogens is 1. The summed E-state index contributed by atoms with van der Waals surface area (Å²) in [5.74, 6) is 0.687. The van der Waals surface area contributed by atoms with Crippen LogP contribution >= 0.6 is 0 Å². The lowest BCUT2D eigenvalue weighted by Crippen LogP contribution is -2.37. The minimum atomic E-state index is -4.72. The van der Waals surface area contributed by atoms with E-state index in [1.165, 1.54) is 12.1 Å². The Morgan fingerprint density at radius 1 is 0.967 bits per heavy atom. The normalized spacial score (nSPS) is 14.8. The fraction of sp³-hybridized carbons (Fsp3) is 0.318. The summed E-state index contributed by atoms with van der Waals surface area (Å²) in [4.78, 5) is 7.04. The third-order valence-electron chi connectivity index (χ3n) is 4.92. The number of alkyl halides is 3. The van der Waals surface area contributed by atoms with E-state index in [-0.39, 0.29) is 12.3 Å². The molecule has 0 amide bonds. The average Bonchev–Trinajstić information content (AvgIpc) is 2.74. The van der Waals surface area contributed by atoms with E-state index in [0.29, 0.717) is 25.3 Å². The molecule has 4 rings (SSSR count). The Balaban J connectivity index is 1.54. The lowest BCUT2D eigenvalue weighted by molar-refractivity contribution is -0.274. The van der Waals surface area contributed by atoms with Gasteiger partial charge in [-0.25, -0.2) is 4.98 Å². The summed E-state index contributed by atoms with van der Waals surface area (Å²) in [6.07, 6.45) is -4.72. The van der Waals surface area contributed by atoms with Gasteiger partial charge in [-0.1, -0.05) is 36.4 Å². The molecule has 5 nitrogen and oxygen atoms in total. The van der Waals surface area contributed by atoms with Crippen molar-refractivity contribution in [2.45, 2.75) is 19.5 Å². The summed E-state index contributed by atoms with van der Waals surface area (Å²) in [6, 6.07) is 16.1. The second-order valence-corrected chi connectivity index (χ2v) is 7.02. The molecule has 1 aromatic heterocycles. The number of hydrogen-bond donors (Lipinski definition) is 1. The van der Waals surface area contributed by atoms with E-state index in [0.717, 1.165) is 35.4 Å². The molecule has 1 aliphatic rings. The molecule has 0 radical (unpaired) electrons. The molecule has 2 heterocycles. The van der Waals surface area contributed by atoms with Gasteiger partial charge in [-0.05, 0) is 18.2 Å². The molecule has 1 fully saturated rings. The molecule has 0 atom stereocenters. The summed E-state index contributed by atoms with van der Waals surface area (Å²) >= 11 is 0. The number of fused-ring (bicyclic) bond motifs is 1. The third kappa shape index (κ3) is 5.01. The number of rotatable bonds is 6. The smallest absolute Gasteiger partial charge is 0.405 e. The van der Waals surface area contributed by atoms with Crippen LogP contribution < -0.4 is 15.0 Å². The first-order chi connectivity index (χ1) is 14.5. The van der Waals surface area contributed by atoms with E-state index in [4.69, 9.17) is 9.72 Å². The molecule has 0 aliphatic carbocycles. The van der Waals surface area contributed by atoms with Gasteiger partial charge in [-0.3, -0.25) is 0 Å². The zero-order valence-electron chi connectivity index (χ0n) is 16.3. The quantitative estimate of drug-likeness (QED) is 0.650. The third-order valence-corrected chi connectivity index (χ3v) is 4.92. The summed E-state index contributed by atoms with van der Waals surface area (Å²) in [6.45, 7) is 3.49. The molecule has 0 saturated carbocycles. The number of anilines is 1. The molecule has 1 aliphatic heterocycles. The molecule has 30 heavy (non-hydrogen) atoms. The fourth-order valence-corrected chi connectivity index (χ4v) is 3.53. The molecule has 0 spiro atoms. The van der Waals surface area contributed by atoms with Crippen molar-refractivity contribution in [3.05, 3.63) is 65.7 Å². The highest BCUT2D eigenvalue weighted by Gasteiger charge is 2.31. The highest BCUT2D eigenvalue weighted by atomic mass is 19.4. The van der Waals surface area contributed by atoms with Crippen LogP contribution in [0.15, 0.2) is 54.6 Å². The monoisotopic (exact) mass is 417 g/mol. The van der Waals surface area contributed by atoms with Crippen LogP contribution in [0.2, 0.25) is 0 Å². The molecule has 8 heteroatoms. The first-order valence-electron chi connectivity index (χ1n) is 9.75. The van der Waals surface area contributed by atoms with E-state index < -0.39 is 6.36 Å². The van der Waals surface area contributed by atoms with Gasteiger partial charge < -0.3 is 19.7 Å². The molecule has 1 saturated heterocycles. The van der Waals surface area contributed by atoms with Crippen LogP contribution in [-0.4, -0.2) is 37.6 Å². The predicted octanol–water partition coefficient (Wildman–Crippen LogP) is 4.26. The minimum Gasteiger partial charge on any atom is -0.405 e. The lowest BCUT2D eigenvalue weighted by atomic mass is 10.1. The van der Waals surface area contributed by atoms with Crippen LogP contribution in [0.25, 0.3) is 10.9 Å². The molecule has 158 valence electrons. The van der Waals surface area contributed by atoms with Gasteiger partial charge in [0.25, 0.3) is 0 Å². The van der Waals surface area contributed by atoms with Crippen molar-refractivity contribution in [1.82, 2.24) is 10.3 Å². The Morgan fingerprint density at radius 2 is 1.67 bits per heavy atom. The average molecular weight is 417 g/mol. The van der Waals surface area contributed by atoms with E-state index in [1.807, 2.05) is 24.3 Å². The van der Waals surface area contributed by atoms with Crippen molar-refractivity contribution in [2.24, 2.45) is 0 Å². The molecule has 3 aromatic rings. The molecule has 2 aromatic carbocycles. The zero-order valence-corrected chi connectivity index (χ0v) is 16.3. The van der Waals surface area contributed by atoms with E-state index in [1.54, 1.807) is 12.1 Å². The van der Waals surface area contributed by atoms with Crippen molar-refractivity contribution in [2.75, 3.05) is 31.2 Å². The standard InChI is InChI=1S/C22H22F3N3O2/c23-22(24,25)30-20-8-4-2-6-17(20)14-26-15-18-13-16-5-1-3-7-19(16)27-21(18)28-9-11-29-12-10-28/h1-8,13,26H,9-12,14-15H2. The first-order valence-corrected chi connectivity index (χ1v) is 9.75. The molecule has 1 N–H and O–H groups in total. The van der Waals surface area contributed by atoms with Crippen LogP contribution in [0.4, 0.5) is 19.0 Å². The van der Waals surface area contributed by atoms with E-state index >= 15 is 0 Å². The van der Waals surface area contributed by atoms with Crippen LogP contribution in [0, 0.1) is 0 Å². The second-order valence-electron chi connectivity index (χ2n) is 7.02. The molecule has 0 unspecified atom stereocenters. The van der Waals surface area contributed by atoms with Gasteiger partial charge in [-0.15, -0.1) is 13.2 Å². The zero-order chi connectivity index (χ0) is 21.0. The minimum absolute atomic E-state index is 0.192. The number of para-hydroxylation sites is 2. The topological polar surface area (TPSA) is 46.6 Å². The number of morpholine rings is 1. The van der Waals surface area contributed by atoms with Crippen LogP contribution in [0.3, 0.4) is 0 Å². The van der Waals surface area contributed by atoms with Crippen molar-refractivity contribution in [3.8, 4) is 5.75 Å². The Kier molecular flexibility index (Phi) is 6.06. The van der Waals surface area contributed by atoms with E-state index in [9.17, 15) is 13.2 Å². The highest BCUT2D eigenvalue weighted by Crippen LogP contribution is 2.27. The summed E-state index contributed by atoms with van der Waals surface area (Å²) in [5.41, 5.74) is 2.34. The van der Waals surface area contributed by atoms with Crippen LogP contribution in [0.1, 0.15) is 11.1 Å². The molecular weight excluding hydrogens is 395 g/mol. The molecular formula is C22H22F3N3O2. The highest BCUT2D eigenvalue weighted by molar-refractivity contribution is 5.81. The number of nitrogens with one attached hydrogen (secondary N) is 1. The van der Waals surface area contributed by atoms with Crippen molar-refractivity contribution < 1.29 is 22.6 Å². The lowest BCUT2D eigenvalue weighted by Gasteiger charge is -2.30. The summed E-state index contributed by atoms with van der Waals surface area (Å²) < 4.78 is 47.5. The van der Waals surface area contributed by atoms with Gasteiger partial charge >= 0.3 is 6.36 Å². The Labute approximate surface area is 172 Å². The van der Waals surface area contributed by atoms with Gasteiger partial charge in [0.15, 0.2) is 0 Å². The summed E-state index contributed by atoms with van der Waals surface area (Å²) in [7, 11) is 0. The fourth-order valence-electron chi connectivity index (χ4n) is 3.53. The maximum absolute atomic E-state index is 12.6. The Hall–Kier alpha value is -2.84. The van der Waals surface area contributed by atoms with Crippen molar-refractivity contribution in [3.63, 3.8) is 0 Å². The Morgan fingerprint density at radius 3 is 2.47 bits per heavy atom. The van der Waals surface area contributed by atoms with Crippen molar-refractivity contribution in [1.29, 1.82) is 0 Å². The number of nitrogens with zero attached hydrogens (tertiary/aromatic N) is 2. The second kappa shape index (κ2) is 8.89. The molecule has 0 bridgehead atoms. The van der Waals surface area contributed by atoms with Gasteiger partial charge in [0.05, 0.1) is 18.7 Å². The van der Waals surface area contributed by atoms with Crippen molar-refractivity contribution >= 4 is 16.7 Å². The first kappa shape index (κ1) is 20.4. The largest absolute Gasteiger partial charge is 0.573 e. The predicted molar refractivity (Wildman–Crippen MR) is 108 cm³/mol. The number of ether oxygens (including phenoxy) is 2. The maximum Gasteiger partial charge on any atom is 0.573 e. The number of hydrogen-bond acceptors (Lipinski definition) is 5. The summed E-state index contributed by atoms with van der Waals surface area (Å²) in [5, 5.41) is 4.26. The number of pyridine rings is 1. The van der Waals surface area contributed by atoms with Gasteiger partial charge in [-0.2, -0.15) is 0 Å². The van der Waals surface area contributed by atoms with Gasteiger partial charge in [0.2, 0.25) is 0 Å². The van der Waals surface area contributed by atoms with Gasteiger partial charge in [0, 0.05) is 42.7 Å². The maximum atomic E-state index is 12.6. The van der Waals surface area contributed by atoms with Gasteiger partial charge in [0.1, 0.15) is 11.6 Å². The number of benzene rings is 2. The van der Waals surface area contributed by atoms with E-state index in [2.05, 4.69) is 21.0 Å². The van der Waals surface area contributed by atoms with Crippen LogP contribution in [0.5, 0.6) is 5.75 Å². The SMILES string of the molecule is FC(F)(F)Oc1ccccc1CNCc1cc2ccccc2nc1N1CCOCC1. The van der Waals surface area contributed by atoms with Crippen LogP contribution in [-0.2, 0) is 17.8 Å². The Bertz CT molecular complexity index is 1000. The number of halogens is 3.